The standard InChI is InChI=1S/C16H19BrFN3/c1-9(2)15-14(17)16-19-7-6-13(21(16)20-15)11-5-4-10(3)12(18)8-11/h4-5,8-9,13,19H,6-7H2,1-3H3. The van der Waals surface area contributed by atoms with Crippen LogP contribution in [0.3, 0.4) is 0 Å². The van der Waals surface area contributed by atoms with Crippen molar-refractivity contribution >= 4 is 21.7 Å². The third-order valence-corrected chi connectivity index (χ3v) is 4.79. The Morgan fingerprint density at radius 3 is 2.86 bits per heavy atom. The summed E-state index contributed by atoms with van der Waals surface area (Å²) in [5.41, 5.74) is 2.69. The molecule has 1 aromatic heterocycles. The summed E-state index contributed by atoms with van der Waals surface area (Å²) >= 11 is 3.64. The topological polar surface area (TPSA) is 29.9 Å². The van der Waals surface area contributed by atoms with Gasteiger partial charge in [-0.05, 0) is 52.4 Å². The molecule has 0 saturated carbocycles. The van der Waals surface area contributed by atoms with Crippen molar-refractivity contribution in [3.8, 4) is 0 Å². The van der Waals surface area contributed by atoms with Gasteiger partial charge in [0.05, 0.1) is 16.2 Å². The molecule has 3 rings (SSSR count). The number of nitrogens with zero attached hydrogens (tertiary/aromatic N) is 2. The maximum absolute atomic E-state index is 13.9. The first-order valence-electron chi connectivity index (χ1n) is 7.27. The highest BCUT2D eigenvalue weighted by molar-refractivity contribution is 9.10. The molecule has 0 radical (unpaired) electrons. The van der Waals surface area contributed by atoms with Crippen LogP contribution in [-0.2, 0) is 0 Å². The Bertz CT molecular complexity index is 678. The zero-order valence-electron chi connectivity index (χ0n) is 12.5. The highest BCUT2D eigenvalue weighted by atomic mass is 79.9. The van der Waals surface area contributed by atoms with Gasteiger partial charge in [-0.2, -0.15) is 5.10 Å². The Hall–Kier alpha value is -1.36. The number of nitrogens with one attached hydrogen (secondary N) is 1. The van der Waals surface area contributed by atoms with E-state index in [2.05, 4.69) is 35.1 Å². The molecule has 0 amide bonds. The summed E-state index contributed by atoms with van der Waals surface area (Å²) in [4.78, 5) is 0. The molecule has 1 aliphatic rings. The number of rotatable bonds is 2. The number of aromatic nitrogens is 2. The molecular formula is C16H19BrFN3. The average Bonchev–Trinajstić information content (AvgIpc) is 2.80. The Kier molecular flexibility index (Phi) is 3.78. The summed E-state index contributed by atoms with van der Waals surface area (Å²) < 4.78 is 16.9. The van der Waals surface area contributed by atoms with Crippen molar-refractivity contribution in [1.29, 1.82) is 0 Å². The first-order valence-corrected chi connectivity index (χ1v) is 8.06. The summed E-state index contributed by atoms with van der Waals surface area (Å²) in [6.07, 6.45) is 0.904. The molecule has 0 fully saturated rings. The molecule has 5 heteroatoms. The molecule has 112 valence electrons. The third kappa shape index (κ3) is 2.48. The quantitative estimate of drug-likeness (QED) is 0.855. The molecule has 21 heavy (non-hydrogen) atoms. The van der Waals surface area contributed by atoms with Gasteiger partial charge in [0, 0.05) is 6.54 Å². The van der Waals surface area contributed by atoms with E-state index in [9.17, 15) is 4.39 Å². The van der Waals surface area contributed by atoms with E-state index in [-0.39, 0.29) is 11.9 Å². The number of anilines is 1. The van der Waals surface area contributed by atoms with Gasteiger partial charge in [0.25, 0.3) is 0 Å². The smallest absolute Gasteiger partial charge is 0.139 e. The second-order valence-electron chi connectivity index (χ2n) is 5.89. The molecule has 1 unspecified atom stereocenters. The SMILES string of the molecule is Cc1ccc(C2CCNc3c(Br)c(C(C)C)nn32)cc1F. The van der Waals surface area contributed by atoms with Crippen molar-refractivity contribution in [2.24, 2.45) is 0 Å². The average molecular weight is 352 g/mol. The normalized spacial score (nSPS) is 17.7. The Morgan fingerprint density at radius 2 is 2.19 bits per heavy atom. The van der Waals surface area contributed by atoms with Crippen molar-refractivity contribution in [3.63, 3.8) is 0 Å². The fourth-order valence-corrected chi connectivity index (χ4v) is 3.62. The van der Waals surface area contributed by atoms with Gasteiger partial charge in [0.15, 0.2) is 0 Å². The van der Waals surface area contributed by atoms with E-state index >= 15 is 0 Å². The van der Waals surface area contributed by atoms with Crippen LogP contribution in [0.1, 0.15) is 49.0 Å². The van der Waals surface area contributed by atoms with Crippen LogP contribution in [0.15, 0.2) is 22.7 Å². The summed E-state index contributed by atoms with van der Waals surface area (Å²) in [5, 5.41) is 8.14. The van der Waals surface area contributed by atoms with Crippen molar-refractivity contribution < 1.29 is 4.39 Å². The second-order valence-corrected chi connectivity index (χ2v) is 6.68. The molecule has 0 aliphatic carbocycles. The van der Waals surface area contributed by atoms with Crippen LogP contribution in [0.4, 0.5) is 10.2 Å². The molecule has 3 nitrogen and oxygen atoms in total. The van der Waals surface area contributed by atoms with Crippen LogP contribution in [0, 0.1) is 12.7 Å². The Labute approximate surface area is 132 Å². The van der Waals surface area contributed by atoms with Crippen LogP contribution >= 0.6 is 15.9 Å². The van der Waals surface area contributed by atoms with Crippen LogP contribution in [0.5, 0.6) is 0 Å². The van der Waals surface area contributed by atoms with Crippen molar-refractivity contribution in [2.75, 3.05) is 11.9 Å². The Balaban J connectivity index is 2.08. The number of halogens is 2. The molecule has 0 saturated heterocycles. The van der Waals surface area contributed by atoms with Gasteiger partial charge in [-0.15, -0.1) is 0 Å². The lowest BCUT2D eigenvalue weighted by Gasteiger charge is -2.26. The molecule has 0 bridgehead atoms. The fourth-order valence-electron chi connectivity index (χ4n) is 2.76. The van der Waals surface area contributed by atoms with Crippen LogP contribution in [0.25, 0.3) is 0 Å². The zero-order chi connectivity index (χ0) is 15.1. The predicted molar refractivity (Wildman–Crippen MR) is 86.4 cm³/mol. The number of hydrogen-bond donors (Lipinski definition) is 1. The summed E-state index contributed by atoms with van der Waals surface area (Å²) in [5.74, 6) is 1.19. The summed E-state index contributed by atoms with van der Waals surface area (Å²) in [6.45, 7) is 6.90. The van der Waals surface area contributed by atoms with E-state index < -0.39 is 0 Å². The maximum atomic E-state index is 13.9. The number of fused-ring (bicyclic) bond motifs is 1. The van der Waals surface area contributed by atoms with E-state index in [1.165, 1.54) is 0 Å². The van der Waals surface area contributed by atoms with E-state index in [0.29, 0.717) is 11.5 Å². The highest BCUT2D eigenvalue weighted by Crippen LogP contribution is 2.38. The van der Waals surface area contributed by atoms with Gasteiger partial charge >= 0.3 is 0 Å². The minimum Gasteiger partial charge on any atom is -0.369 e. The monoisotopic (exact) mass is 351 g/mol. The van der Waals surface area contributed by atoms with Crippen LogP contribution < -0.4 is 5.32 Å². The van der Waals surface area contributed by atoms with Crippen molar-refractivity contribution in [1.82, 2.24) is 9.78 Å². The predicted octanol–water partition coefficient (Wildman–Crippen LogP) is 4.62. The maximum Gasteiger partial charge on any atom is 0.139 e. The molecule has 1 N–H and O–H groups in total. The van der Waals surface area contributed by atoms with Gasteiger partial charge < -0.3 is 5.32 Å². The summed E-state index contributed by atoms with van der Waals surface area (Å²) in [7, 11) is 0. The largest absolute Gasteiger partial charge is 0.369 e. The minimum atomic E-state index is -0.150. The van der Waals surface area contributed by atoms with Crippen LogP contribution in [0.2, 0.25) is 0 Å². The van der Waals surface area contributed by atoms with Crippen molar-refractivity contribution in [3.05, 3.63) is 45.3 Å². The van der Waals surface area contributed by atoms with Gasteiger partial charge in [-0.1, -0.05) is 26.0 Å². The first-order chi connectivity index (χ1) is 9.99. The number of benzene rings is 1. The van der Waals surface area contributed by atoms with E-state index in [1.807, 2.05) is 16.8 Å². The van der Waals surface area contributed by atoms with Gasteiger partial charge in [0.2, 0.25) is 0 Å². The minimum absolute atomic E-state index is 0.0835. The second kappa shape index (κ2) is 5.44. The van der Waals surface area contributed by atoms with E-state index in [4.69, 9.17) is 5.10 Å². The molecule has 1 atom stereocenters. The lowest BCUT2D eigenvalue weighted by atomic mass is 10.0. The van der Waals surface area contributed by atoms with Gasteiger partial charge in [-0.25, -0.2) is 9.07 Å². The number of hydrogen-bond acceptors (Lipinski definition) is 2. The van der Waals surface area contributed by atoms with Gasteiger partial charge in [0.1, 0.15) is 11.6 Å². The molecule has 2 heterocycles. The van der Waals surface area contributed by atoms with Crippen molar-refractivity contribution in [2.45, 2.75) is 39.2 Å². The molecule has 0 spiro atoms. The molecular weight excluding hydrogens is 333 g/mol. The molecule has 2 aromatic rings. The zero-order valence-corrected chi connectivity index (χ0v) is 14.0. The van der Waals surface area contributed by atoms with E-state index in [1.54, 1.807) is 13.0 Å². The third-order valence-electron chi connectivity index (χ3n) is 4.01. The lowest BCUT2D eigenvalue weighted by molar-refractivity contribution is 0.473. The first kappa shape index (κ1) is 14.6. The molecule has 1 aromatic carbocycles. The number of aryl methyl sites for hydroxylation is 1. The fraction of sp³-hybridized carbons (Fsp3) is 0.438. The van der Waals surface area contributed by atoms with E-state index in [0.717, 1.165) is 34.5 Å². The highest BCUT2D eigenvalue weighted by Gasteiger charge is 2.27. The van der Waals surface area contributed by atoms with Gasteiger partial charge in [-0.3, -0.25) is 0 Å². The van der Waals surface area contributed by atoms with Crippen LogP contribution in [-0.4, -0.2) is 16.3 Å². The summed E-state index contributed by atoms with van der Waals surface area (Å²) in [6, 6.07) is 5.57. The Morgan fingerprint density at radius 1 is 1.43 bits per heavy atom. The molecule has 1 aliphatic heterocycles. The lowest BCUT2D eigenvalue weighted by Crippen LogP contribution is -2.24.